The Kier molecular flexibility index (Phi) is 7.83. The number of imidazole rings is 1. The topological polar surface area (TPSA) is 201 Å². The van der Waals surface area contributed by atoms with E-state index < -0.39 is 42.7 Å². The molecule has 2 aromatic heterocycles. The number of nitrogens with zero attached hydrogens (tertiary/aromatic N) is 4. The molecular formula is C27H26N6O8. The fourth-order valence-corrected chi connectivity index (χ4v) is 4.18. The van der Waals surface area contributed by atoms with Gasteiger partial charge >= 0.3 is 12.1 Å². The highest BCUT2D eigenvalue weighted by atomic mass is 16.6. The summed E-state index contributed by atoms with van der Waals surface area (Å²) in [6.07, 6.45) is -1.07. The van der Waals surface area contributed by atoms with Crippen LogP contribution in [0.15, 0.2) is 73.0 Å². The maximum atomic E-state index is 12.3. The highest BCUT2D eigenvalue weighted by Crippen LogP contribution is 2.31. The molecule has 0 fully saturated rings. The molecule has 14 heteroatoms. The zero-order chi connectivity index (χ0) is 28.9. The number of hydrogen-bond acceptors (Lipinski definition) is 11. The molecule has 1 aliphatic heterocycles. The third-order valence-corrected chi connectivity index (χ3v) is 6.31. The van der Waals surface area contributed by atoms with Crippen LogP contribution in [-0.4, -0.2) is 76.9 Å². The third-order valence-electron chi connectivity index (χ3n) is 6.31. The van der Waals surface area contributed by atoms with E-state index in [-0.39, 0.29) is 23.7 Å². The van der Waals surface area contributed by atoms with Gasteiger partial charge < -0.3 is 40.5 Å². The smallest absolute Gasteiger partial charge is 0.407 e. The second-order valence-corrected chi connectivity index (χ2v) is 9.14. The molecule has 4 aromatic rings. The van der Waals surface area contributed by atoms with Gasteiger partial charge in [-0.05, 0) is 23.3 Å². The molecular weight excluding hydrogens is 536 g/mol. The number of alkyl carbamates (subject to hydrolysis) is 1. The summed E-state index contributed by atoms with van der Waals surface area (Å²) in [5.41, 5.74) is 2.23. The SMILES string of the molecule is O=C(N[C@@H](Cc1ccccc1)C(=O)O)OC[C@H]1OC(n2cnc3c(NCc4ccc(O)cc4)ncnc32)=C(O)C1O. The zero-order valence-electron chi connectivity index (χ0n) is 21.4. The molecule has 14 nitrogen and oxygen atoms in total. The van der Waals surface area contributed by atoms with Crippen LogP contribution in [-0.2, 0) is 27.2 Å². The van der Waals surface area contributed by atoms with Gasteiger partial charge in [0.1, 0.15) is 31.1 Å². The number of carboxylic acids is 1. The van der Waals surface area contributed by atoms with Gasteiger partial charge in [0.15, 0.2) is 34.9 Å². The van der Waals surface area contributed by atoms with E-state index in [2.05, 4.69) is 25.6 Å². The van der Waals surface area contributed by atoms with Gasteiger partial charge in [-0.1, -0.05) is 42.5 Å². The first-order chi connectivity index (χ1) is 19.8. The lowest BCUT2D eigenvalue weighted by Gasteiger charge is -2.18. The van der Waals surface area contributed by atoms with Crippen molar-refractivity contribution in [2.45, 2.75) is 31.2 Å². The molecule has 212 valence electrons. The van der Waals surface area contributed by atoms with Crippen LogP contribution < -0.4 is 10.6 Å². The molecule has 6 N–H and O–H groups in total. The number of phenolic OH excluding ortho intramolecular Hbond substituents is 1. The highest BCUT2D eigenvalue weighted by Gasteiger charge is 2.38. The van der Waals surface area contributed by atoms with E-state index in [0.717, 1.165) is 5.56 Å². The number of carboxylic acid groups (broad SMARTS) is 1. The number of phenols is 1. The second kappa shape index (κ2) is 11.8. The number of rotatable bonds is 10. The third kappa shape index (κ3) is 6.12. The predicted molar refractivity (Wildman–Crippen MR) is 144 cm³/mol. The number of anilines is 1. The van der Waals surface area contributed by atoms with Gasteiger partial charge in [-0.3, -0.25) is 0 Å². The first-order valence-electron chi connectivity index (χ1n) is 12.5. The first kappa shape index (κ1) is 27.2. The minimum absolute atomic E-state index is 0.0433. The number of aromatic hydroxyl groups is 1. The maximum Gasteiger partial charge on any atom is 0.407 e. The number of hydrogen-bond donors (Lipinski definition) is 6. The van der Waals surface area contributed by atoms with Crippen LogP contribution in [0.2, 0.25) is 0 Å². The molecule has 0 spiro atoms. The molecule has 0 saturated carbocycles. The fraction of sp³-hybridized carbons (Fsp3) is 0.222. The quantitative estimate of drug-likeness (QED) is 0.164. The summed E-state index contributed by atoms with van der Waals surface area (Å²) in [4.78, 5) is 36.7. The molecule has 0 bridgehead atoms. The Morgan fingerprint density at radius 3 is 2.51 bits per heavy atom. The maximum absolute atomic E-state index is 12.3. The lowest BCUT2D eigenvalue weighted by atomic mass is 10.1. The Balaban J connectivity index is 1.22. The lowest BCUT2D eigenvalue weighted by molar-refractivity contribution is -0.139. The number of nitrogens with one attached hydrogen (secondary N) is 2. The summed E-state index contributed by atoms with van der Waals surface area (Å²) in [7, 11) is 0. The van der Waals surface area contributed by atoms with Gasteiger partial charge in [-0.25, -0.2) is 29.1 Å². The lowest BCUT2D eigenvalue weighted by Crippen LogP contribution is -2.43. The molecule has 1 aliphatic rings. The number of aliphatic hydroxyl groups excluding tert-OH is 2. The second-order valence-electron chi connectivity index (χ2n) is 9.14. The van der Waals surface area contributed by atoms with Crippen LogP contribution in [0.3, 0.4) is 0 Å². The standard InChI is InChI=1S/C27H26N6O8/c34-17-8-6-16(7-9-17)11-28-23-20-24(30-13-29-23)33(14-31-20)25-22(36)21(35)19(41-25)12-40-27(39)32-18(26(37)38)10-15-4-2-1-3-5-15/h1-9,13-14,18-19,21,34-36H,10-12H2,(H,32,39)(H,37,38)(H,28,29,30)/t18-,19+,21?/m0/s1. The van der Waals surface area contributed by atoms with Gasteiger partial charge in [-0.2, -0.15) is 0 Å². The number of aromatic nitrogens is 4. The monoisotopic (exact) mass is 562 g/mol. The normalized spacial score (nSPS) is 17.2. The average molecular weight is 563 g/mol. The van der Waals surface area contributed by atoms with Gasteiger partial charge in [0, 0.05) is 13.0 Å². The summed E-state index contributed by atoms with van der Waals surface area (Å²) in [5, 5.41) is 45.5. The number of aliphatic hydroxyl groups is 2. The van der Waals surface area contributed by atoms with Crippen LogP contribution in [0.5, 0.6) is 5.75 Å². The molecule has 0 saturated heterocycles. The van der Waals surface area contributed by atoms with Crippen molar-refractivity contribution in [3.63, 3.8) is 0 Å². The van der Waals surface area contributed by atoms with E-state index in [9.17, 15) is 30.0 Å². The van der Waals surface area contributed by atoms with Crippen molar-refractivity contribution in [2.75, 3.05) is 11.9 Å². The predicted octanol–water partition coefficient (Wildman–Crippen LogP) is 2.01. The minimum Gasteiger partial charge on any atom is -0.508 e. The molecule has 0 aliphatic carbocycles. The van der Waals surface area contributed by atoms with E-state index in [1.807, 2.05) is 0 Å². The summed E-state index contributed by atoms with van der Waals surface area (Å²) >= 11 is 0. The molecule has 0 radical (unpaired) electrons. The van der Waals surface area contributed by atoms with Crippen LogP contribution >= 0.6 is 0 Å². The Bertz CT molecular complexity index is 1570. The number of carbonyl (C=O) groups is 2. The van der Waals surface area contributed by atoms with E-state index >= 15 is 0 Å². The fourth-order valence-electron chi connectivity index (χ4n) is 4.18. The summed E-state index contributed by atoms with van der Waals surface area (Å²) in [6.45, 7) is -0.0999. The Morgan fingerprint density at radius 1 is 1.02 bits per heavy atom. The van der Waals surface area contributed by atoms with Crippen molar-refractivity contribution in [2.24, 2.45) is 0 Å². The first-order valence-corrected chi connectivity index (χ1v) is 12.5. The van der Waals surface area contributed by atoms with Crippen LogP contribution in [0.1, 0.15) is 11.1 Å². The molecule has 1 unspecified atom stereocenters. The highest BCUT2D eigenvalue weighted by molar-refractivity contribution is 5.85. The molecule has 2 aromatic carbocycles. The minimum atomic E-state index is -1.54. The summed E-state index contributed by atoms with van der Waals surface area (Å²) < 4.78 is 12.1. The van der Waals surface area contributed by atoms with Crippen molar-refractivity contribution < 1.29 is 39.5 Å². The number of carbonyl (C=O) groups excluding carboxylic acids is 1. The number of benzene rings is 2. The van der Waals surface area contributed by atoms with Gasteiger partial charge in [-0.15, -0.1) is 0 Å². The van der Waals surface area contributed by atoms with Crippen molar-refractivity contribution in [1.82, 2.24) is 24.8 Å². The number of amides is 1. The van der Waals surface area contributed by atoms with E-state index in [1.165, 1.54) is 17.2 Å². The molecule has 1 amide bonds. The van der Waals surface area contributed by atoms with Crippen molar-refractivity contribution >= 4 is 34.9 Å². The Morgan fingerprint density at radius 2 is 1.78 bits per heavy atom. The van der Waals surface area contributed by atoms with Crippen molar-refractivity contribution in [3.8, 4) is 5.75 Å². The van der Waals surface area contributed by atoms with Gasteiger partial charge in [0.2, 0.25) is 5.88 Å². The average Bonchev–Trinajstić information content (AvgIpc) is 3.52. The Labute approximate surface area is 232 Å². The molecule has 5 rings (SSSR count). The van der Waals surface area contributed by atoms with Gasteiger partial charge in [0.25, 0.3) is 0 Å². The largest absolute Gasteiger partial charge is 0.508 e. The summed E-state index contributed by atoms with van der Waals surface area (Å²) in [6, 6.07) is 14.2. The van der Waals surface area contributed by atoms with Crippen LogP contribution in [0, 0.1) is 0 Å². The zero-order valence-corrected chi connectivity index (χ0v) is 21.4. The van der Waals surface area contributed by atoms with Gasteiger partial charge in [0.05, 0.1) is 0 Å². The van der Waals surface area contributed by atoms with E-state index in [4.69, 9.17) is 9.47 Å². The number of ether oxygens (including phenoxy) is 2. The number of aliphatic carboxylic acids is 1. The Hall–Kier alpha value is -5.37. The van der Waals surface area contributed by atoms with Crippen molar-refractivity contribution in [3.05, 3.63) is 84.1 Å². The van der Waals surface area contributed by atoms with Crippen LogP contribution in [0.25, 0.3) is 17.0 Å². The molecule has 41 heavy (non-hydrogen) atoms. The summed E-state index contributed by atoms with van der Waals surface area (Å²) in [5.74, 6) is -1.37. The van der Waals surface area contributed by atoms with E-state index in [1.54, 1.807) is 54.6 Å². The van der Waals surface area contributed by atoms with Crippen LogP contribution in [0.4, 0.5) is 10.6 Å². The molecule has 3 heterocycles. The molecule has 3 atom stereocenters. The van der Waals surface area contributed by atoms with Crippen molar-refractivity contribution in [1.29, 1.82) is 0 Å². The number of fused-ring (bicyclic) bond motifs is 1. The van der Waals surface area contributed by atoms with E-state index in [0.29, 0.717) is 23.4 Å².